The second-order valence-electron chi connectivity index (χ2n) is 2.93. The van der Waals surface area contributed by atoms with Crippen LogP contribution in [0, 0.1) is 18.3 Å². The predicted octanol–water partition coefficient (Wildman–Crippen LogP) is 1.95. The van der Waals surface area contributed by atoms with Crippen LogP contribution in [0.2, 0.25) is 5.15 Å². The monoisotopic (exact) mass is 194 g/mol. The highest BCUT2D eigenvalue weighted by atomic mass is 35.5. The van der Waals surface area contributed by atoms with E-state index in [9.17, 15) is 0 Å². The first-order valence-electron chi connectivity index (χ1n) is 3.89. The van der Waals surface area contributed by atoms with Crippen LogP contribution in [0.5, 0.6) is 0 Å². The van der Waals surface area contributed by atoms with Crippen LogP contribution >= 0.6 is 11.6 Å². The number of halogens is 1. The minimum atomic E-state index is 0.282. The molecule has 3 nitrogen and oxygen atoms in total. The van der Waals surface area contributed by atoms with Crippen LogP contribution in [0.15, 0.2) is 0 Å². The van der Waals surface area contributed by atoms with E-state index in [2.05, 4.69) is 4.98 Å². The summed E-state index contributed by atoms with van der Waals surface area (Å²) in [5, 5.41) is 9.10. The minimum Gasteiger partial charge on any atom is -0.370 e. The number of aromatic nitrogens is 1. The van der Waals surface area contributed by atoms with Crippen LogP contribution in [-0.2, 0) is 18.0 Å². The normalized spacial score (nSPS) is 13.9. The molecule has 0 saturated heterocycles. The molecule has 0 unspecified atom stereocenters. The third-order valence-corrected chi connectivity index (χ3v) is 2.49. The molecule has 2 rings (SSSR count). The Kier molecular flexibility index (Phi) is 1.95. The van der Waals surface area contributed by atoms with Crippen molar-refractivity contribution in [2.45, 2.75) is 20.1 Å². The number of hydrogen-bond donors (Lipinski definition) is 0. The van der Waals surface area contributed by atoms with Crippen LogP contribution in [0.1, 0.15) is 22.4 Å². The Balaban J connectivity index is 2.71. The summed E-state index contributed by atoms with van der Waals surface area (Å²) in [7, 11) is 0. The summed E-state index contributed by atoms with van der Waals surface area (Å²) in [5.74, 6) is 0. The van der Waals surface area contributed by atoms with E-state index in [1.807, 2.05) is 13.0 Å². The van der Waals surface area contributed by atoms with Crippen LogP contribution in [0.4, 0.5) is 0 Å². The molecule has 66 valence electrons. The summed E-state index contributed by atoms with van der Waals surface area (Å²) in [6.07, 6.45) is 0. The van der Waals surface area contributed by atoms with Gasteiger partial charge in [0, 0.05) is 5.56 Å². The average Bonchev–Trinajstić information content (AvgIpc) is 2.53. The van der Waals surface area contributed by atoms with E-state index in [0.717, 1.165) is 16.8 Å². The number of hydrogen-bond acceptors (Lipinski definition) is 3. The van der Waals surface area contributed by atoms with Crippen LogP contribution in [-0.4, -0.2) is 4.98 Å². The van der Waals surface area contributed by atoms with Gasteiger partial charge in [-0.25, -0.2) is 4.98 Å². The highest BCUT2D eigenvalue weighted by Crippen LogP contribution is 2.27. The van der Waals surface area contributed by atoms with Gasteiger partial charge in [-0.05, 0) is 12.5 Å². The molecule has 0 saturated carbocycles. The molecule has 0 fully saturated rings. The maximum atomic E-state index is 8.82. The quantitative estimate of drug-likeness (QED) is 0.593. The van der Waals surface area contributed by atoms with Gasteiger partial charge in [-0.1, -0.05) is 11.6 Å². The summed E-state index contributed by atoms with van der Waals surface area (Å²) in [5.41, 5.74) is 3.24. The smallest absolute Gasteiger partial charge is 0.147 e. The van der Waals surface area contributed by atoms with E-state index in [0.29, 0.717) is 18.8 Å². The average molecular weight is 195 g/mol. The molecule has 0 bridgehead atoms. The highest BCUT2D eigenvalue weighted by molar-refractivity contribution is 6.30. The summed E-state index contributed by atoms with van der Waals surface area (Å²) >= 11 is 5.82. The molecule has 0 atom stereocenters. The Morgan fingerprint density at radius 1 is 1.54 bits per heavy atom. The molecular formula is C9H7ClN2O. The topological polar surface area (TPSA) is 45.9 Å². The third-order valence-electron chi connectivity index (χ3n) is 2.21. The Morgan fingerprint density at radius 2 is 2.31 bits per heavy atom. The fourth-order valence-corrected chi connectivity index (χ4v) is 1.74. The van der Waals surface area contributed by atoms with Crippen LogP contribution in [0.3, 0.4) is 0 Å². The van der Waals surface area contributed by atoms with Crippen molar-refractivity contribution in [2.75, 3.05) is 0 Å². The maximum Gasteiger partial charge on any atom is 0.147 e. The van der Waals surface area contributed by atoms with Crippen LogP contribution in [0.25, 0.3) is 0 Å². The first-order valence-corrected chi connectivity index (χ1v) is 4.27. The van der Waals surface area contributed by atoms with Gasteiger partial charge in [0.05, 0.1) is 24.5 Å². The molecule has 4 heteroatoms. The Labute approximate surface area is 80.9 Å². The van der Waals surface area contributed by atoms with Crippen molar-refractivity contribution < 1.29 is 4.74 Å². The van der Waals surface area contributed by atoms with E-state index >= 15 is 0 Å². The second-order valence-corrected chi connectivity index (χ2v) is 3.29. The zero-order valence-corrected chi connectivity index (χ0v) is 7.85. The molecule has 0 aliphatic carbocycles. The molecule has 1 aliphatic heterocycles. The van der Waals surface area contributed by atoms with Gasteiger partial charge in [0.25, 0.3) is 0 Å². The van der Waals surface area contributed by atoms with Gasteiger partial charge >= 0.3 is 0 Å². The SMILES string of the molecule is Cc1c(C#N)c(Cl)nc2c1COC2. The molecule has 1 aliphatic rings. The molecule has 0 radical (unpaired) electrons. The van der Waals surface area contributed by atoms with Gasteiger partial charge in [0.2, 0.25) is 0 Å². The van der Waals surface area contributed by atoms with Gasteiger partial charge in [-0.2, -0.15) is 5.26 Å². The van der Waals surface area contributed by atoms with E-state index in [1.54, 1.807) is 0 Å². The lowest BCUT2D eigenvalue weighted by Crippen LogP contribution is -1.97. The number of ether oxygens (including phenoxy) is 1. The molecule has 13 heavy (non-hydrogen) atoms. The van der Waals surface area contributed by atoms with Crippen molar-refractivity contribution in [2.24, 2.45) is 0 Å². The van der Waals surface area contributed by atoms with E-state index in [1.165, 1.54) is 0 Å². The minimum absolute atomic E-state index is 0.282. The van der Waals surface area contributed by atoms with Gasteiger partial charge in [0.15, 0.2) is 0 Å². The lowest BCUT2D eigenvalue weighted by atomic mass is 10.1. The molecular weight excluding hydrogens is 188 g/mol. The van der Waals surface area contributed by atoms with Crippen molar-refractivity contribution in [3.8, 4) is 6.07 Å². The molecule has 1 aromatic heterocycles. The standard InChI is InChI=1S/C9H7ClN2O/c1-5-6(2-11)9(10)12-8-4-13-3-7(5)8/h3-4H2,1H3. The summed E-state index contributed by atoms with van der Waals surface area (Å²) in [6.45, 7) is 2.92. The third kappa shape index (κ3) is 1.19. The maximum absolute atomic E-state index is 8.82. The van der Waals surface area contributed by atoms with Crippen LogP contribution < -0.4 is 0 Å². The van der Waals surface area contributed by atoms with Gasteiger partial charge < -0.3 is 4.74 Å². The summed E-state index contributed by atoms with van der Waals surface area (Å²) < 4.78 is 5.22. The fraction of sp³-hybridized carbons (Fsp3) is 0.333. The Bertz CT molecular complexity index is 408. The van der Waals surface area contributed by atoms with Crippen molar-refractivity contribution in [3.63, 3.8) is 0 Å². The molecule has 2 heterocycles. The fourth-order valence-electron chi connectivity index (χ4n) is 1.45. The first-order chi connectivity index (χ1) is 6.24. The number of rotatable bonds is 0. The van der Waals surface area contributed by atoms with Gasteiger partial charge in [-0.15, -0.1) is 0 Å². The number of pyridine rings is 1. The van der Waals surface area contributed by atoms with Crippen molar-refractivity contribution in [1.82, 2.24) is 4.98 Å². The lowest BCUT2D eigenvalue weighted by molar-refractivity contribution is 0.133. The van der Waals surface area contributed by atoms with E-state index in [4.69, 9.17) is 21.6 Å². The largest absolute Gasteiger partial charge is 0.370 e. The zero-order valence-electron chi connectivity index (χ0n) is 7.09. The van der Waals surface area contributed by atoms with E-state index in [-0.39, 0.29) is 5.15 Å². The molecule has 0 aromatic carbocycles. The molecule has 0 N–H and O–H groups in total. The zero-order chi connectivity index (χ0) is 9.42. The summed E-state index contributed by atoms with van der Waals surface area (Å²) in [6, 6.07) is 2.04. The predicted molar refractivity (Wildman–Crippen MR) is 47.2 cm³/mol. The number of nitrogens with zero attached hydrogens (tertiary/aromatic N) is 2. The van der Waals surface area contributed by atoms with Crippen molar-refractivity contribution >= 4 is 11.6 Å². The van der Waals surface area contributed by atoms with Crippen molar-refractivity contribution in [3.05, 3.63) is 27.5 Å². The van der Waals surface area contributed by atoms with E-state index < -0.39 is 0 Å². The summed E-state index contributed by atoms with van der Waals surface area (Å²) in [4.78, 5) is 4.10. The number of nitriles is 1. The Morgan fingerprint density at radius 3 is 3.00 bits per heavy atom. The highest BCUT2D eigenvalue weighted by Gasteiger charge is 2.19. The second kappa shape index (κ2) is 2.99. The van der Waals surface area contributed by atoms with Gasteiger partial charge in [0.1, 0.15) is 11.2 Å². The Hall–Kier alpha value is -1.11. The first kappa shape index (κ1) is 8.49. The molecule has 0 spiro atoms. The lowest BCUT2D eigenvalue weighted by Gasteiger charge is -2.04. The molecule has 0 amide bonds. The van der Waals surface area contributed by atoms with Crippen molar-refractivity contribution in [1.29, 1.82) is 5.26 Å². The number of fused-ring (bicyclic) bond motifs is 1. The van der Waals surface area contributed by atoms with Gasteiger partial charge in [-0.3, -0.25) is 0 Å². The molecule has 1 aromatic rings.